The lowest BCUT2D eigenvalue weighted by molar-refractivity contribution is -0.121. The number of aromatic nitrogens is 2. The Balaban J connectivity index is 1.38. The van der Waals surface area contributed by atoms with Gasteiger partial charge in [0.25, 0.3) is 5.56 Å². The second-order valence-electron chi connectivity index (χ2n) is 9.42. The van der Waals surface area contributed by atoms with Gasteiger partial charge in [0.05, 0.1) is 29.0 Å². The van der Waals surface area contributed by atoms with E-state index in [1.165, 1.54) is 37.4 Å². The van der Waals surface area contributed by atoms with Crippen molar-refractivity contribution in [2.75, 3.05) is 0 Å². The van der Waals surface area contributed by atoms with Crippen LogP contribution in [0, 0.1) is 17.8 Å². The SMILES string of the molecule is CC(Sc1nc2cc(Cl)ccc2c(=O)n1Cc1ccco1)C(=O)NC(C)C1CC2CCC1C2. The average molecular weight is 486 g/mol. The maximum absolute atomic E-state index is 13.3. The van der Waals surface area contributed by atoms with Crippen molar-refractivity contribution in [1.29, 1.82) is 0 Å². The minimum atomic E-state index is -0.405. The first-order valence-electron chi connectivity index (χ1n) is 11.6. The number of rotatable bonds is 7. The first kappa shape index (κ1) is 22.5. The standard InChI is InChI=1S/C25H28ClN3O3S/c1-14(21-11-16-5-6-17(21)10-16)27-23(30)15(2)33-25-28-22-12-18(26)7-8-20(22)24(31)29(25)13-19-4-3-9-32-19/h3-4,7-9,12,14-17,21H,5-6,10-11,13H2,1-2H3,(H,27,30). The highest BCUT2D eigenvalue weighted by atomic mass is 35.5. The van der Waals surface area contributed by atoms with Crippen LogP contribution in [0.5, 0.6) is 0 Å². The summed E-state index contributed by atoms with van der Waals surface area (Å²) in [6.45, 7) is 4.23. The third-order valence-corrected chi connectivity index (χ3v) is 8.56. The van der Waals surface area contributed by atoms with E-state index >= 15 is 0 Å². The Hall–Kier alpha value is -2.25. The summed E-state index contributed by atoms with van der Waals surface area (Å²) in [7, 11) is 0. The first-order chi connectivity index (χ1) is 15.9. The van der Waals surface area contributed by atoms with Crippen LogP contribution in [0.3, 0.4) is 0 Å². The first-order valence-corrected chi connectivity index (χ1v) is 12.8. The molecule has 0 aliphatic heterocycles. The minimum absolute atomic E-state index is 0.0275. The fourth-order valence-corrected chi connectivity index (χ4v) is 6.61. The molecule has 2 heterocycles. The minimum Gasteiger partial charge on any atom is -0.467 e. The van der Waals surface area contributed by atoms with Gasteiger partial charge < -0.3 is 9.73 Å². The Morgan fingerprint density at radius 1 is 1.30 bits per heavy atom. The zero-order valence-corrected chi connectivity index (χ0v) is 20.4. The van der Waals surface area contributed by atoms with E-state index in [1.54, 1.807) is 35.1 Å². The number of fused-ring (bicyclic) bond motifs is 3. The van der Waals surface area contributed by atoms with Crippen molar-refractivity contribution >= 4 is 40.2 Å². The van der Waals surface area contributed by atoms with E-state index in [1.807, 2.05) is 13.0 Å². The summed E-state index contributed by atoms with van der Waals surface area (Å²) in [5, 5.41) is 4.30. The van der Waals surface area contributed by atoms with Gasteiger partial charge in [0.2, 0.25) is 5.91 Å². The van der Waals surface area contributed by atoms with Crippen molar-refractivity contribution in [1.82, 2.24) is 14.9 Å². The highest BCUT2D eigenvalue weighted by Crippen LogP contribution is 2.49. The van der Waals surface area contributed by atoms with E-state index in [0.29, 0.717) is 32.8 Å². The largest absolute Gasteiger partial charge is 0.467 e. The third kappa shape index (κ3) is 4.58. The number of carbonyl (C=O) groups is 1. The number of furan rings is 1. The summed E-state index contributed by atoms with van der Waals surface area (Å²) in [6.07, 6.45) is 6.76. The number of carbonyl (C=O) groups excluding carboxylic acids is 1. The van der Waals surface area contributed by atoms with Crippen molar-refractivity contribution in [3.05, 3.63) is 57.7 Å². The van der Waals surface area contributed by atoms with Gasteiger partial charge in [0.1, 0.15) is 5.76 Å². The molecule has 2 bridgehead atoms. The molecule has 2 fully saturated rings. The molecule has 0 radical (unpaired) electrons. The molecule has 5 atom stereocenters. The van der Waals surface area contributed by atoms with Gasteiger partial charge in [-0.3, -0.25) is 14.2 Å². The molecule has 5 rings (SSSR count). The average Bonchev–Trinajstić information content (AvgIpc) is 3.54. The Kier molecular flexibility index (Phi) is 6.27. The van der Waals surface area contributed by atoms with Gasteiger partial charge >= 0.3 is 0 Å². The quantitative estimate of drug-likeness (QED) is 0.371. The number of amides is 1. The number of hydrogen-bond donors (Lipinski definition) is 1. The second-order valence-corrected chi connectivity index (χ2v) is 11.2. The molecule has 2 aliphatic carbocycles. The zero-order chi connectivity index (χ0) is 23.1. The summed E-state index contributed by atoms with van der Waals surface area (Å²) < 4.78 is 7.04. The lowest BCUT2D eigenvalue weighted by Crippen LogP contribution is -2.43. The number of nitrogens with one attached hydrogen (secondary N) is 1. The van der Waals surface area contributed by atoms with Crippen molar-refractivity contribution in [3.63, 3.8) is 0 Å². The Morgan fingerprint density at radius 3 is 2.85 bits per heavy atom. The Labute approximate surface area is 202 Å². The molecular weight excluding hydrogens is 458 g/mol. The predicted octanol–water partition coefficient (Wildman–Crippen LogP) is 5.11. The van der Waals surface area contributed by atoms with Gasteiger partial charge in [0.15, 0.2) is 5.16 Å². The maximum atomic E-state index is 13.3. The normalized spacial score (nSPS) is 23.7. The molecule has 33 heavy (non-hydrogen) atoms. The number of hydrogen-bond acceptors (Lipinski definition) is 5. The molecule has 0 saturated heterocycles. The topological polar surface area (TPSA) is 77.1 Å². The summed E-state index contributed by atoms with van der Waals surface area (Å²) in [5.41, 5.74) is 0.340. The van der Waals surface area contributed by atoms with E-state index in [2.05, 4.69) is 12.2 Å². The molecule has 1 aromatic carbocycles. The van der Waals surface area contributed by atoms with Crippen LogP contribution in [0.4, 0.5) is 0 Å². The summed E-state index contributed by atoms with van der Waals surface area (Å²) in [5.74, 6) is 2.79. The Morgan fingerprint density at radius 2 is 2.15 bits per heavy atom. The molecule has 2 saturated carbocycles. The van der Waals surface area contributed by atoms with Crippen LogP contribution in [0.1, 0.15) is 45.3 Å². The highest BCUT2D eigenvalue weighted by molar-refractivity contribution is 8.00. The van der Waals surface area contributed by atoms with Crippen molar-refractivity contribution in [3.8, 4) is 0 Å². The molecule has 6 nitrogen and oxygen atoms in total. The molecule has 174 valence electrons. The van der Waals surface area contributed by atoms with Crippen LogP contribution < -0.4 is 10.9 Å². The van der Waals surface area contributed by atoms with Crippen LogP contribution in [0.25, 0.3) is 10.9 Å². The van der Waals surface area contributed by atoms with Crippen molar-refractivity contribution in [2.24, 2.45) is 17.8 Å². The van der Waals surface area contributed by atoms with E-state index in [0.717, 1.165) is 11.8 Å². The fraction of sp³-hybridized carbons (Fsp3) is 0.480. The van der Waals surface area contributed by atoms with Crippen molar-refractivity contribution in [2.45, 2.75) is 62.5 Å². The summed E-state index contributed by atoms with van der Waals surface area (Å²) >= 11 is 7.44. The smallest absolute Gasteiger partial charge is 0.262 e. The van der Waals surface area contributed by atoms with Gasteiger partial charge in [0, 0.05) is 11.1 Å². The molecule has 5 unspecified atom stereocenters. The lowest BCUT2D eigenvalue weighted by atomic mass is 9.84. The van der Waals surface area contributed by atoms with E-state index in [-0.39, 0.29) is 24.1 Å². The summed E-state index contributed by atoms with van der Waals surface area (Å²) in [6, 6.07) is 8.82. The van der Waals surface area contributed by atoms with E-state index in [4.69, 9.17) is 21.0 Å². The van der Waals surface area contributed by atoms with E-state index in [9.17, 15) is 9.59 Å². The van der Waals surface area contributed by atoms with Crippen LogP contribution in [0.2, 0.25) is 5.02 Å². The fourth-order valence-electron chi connectivity index (χ4n) is 5.53. The van der Waals surface area contributed by atoms with Gasteiger partial charge in [-0.1, -0.05) is 29.8 Å². The molecule has 2 aliphatic rings. The summed E-state index contributed by atoms with van der Waals surface area (Å²) in [4.78, 5) is 31.1. The van der Waals surface area contributed by atoms with Gasteiger partial charge in [-0.25, -0.2) is 4.98 Å². The predicted molar refractivity (Wildman–Crippen MR) is 131 cm³/mol. The molecule has 8 heteroatoms. The van der Waals surface area contributed by atoms with Crippen LogP contribution >= 0.6 is 23.4 Å². The zero-order valence-electron chi connectivity index (χ0n) is 18.8. The van der Waals surface area contributed by atoms with Gasteiger partial charge in [-0.15, -0.1) is 0 Å². The monoisotopic (exact) mass is 485 g/mol. The van der Waals surface area contributed by atoms with Crippen LogP contribution in [-0.4, -0.2) is 26.8 Å². The molecule has 2 aromatic heterocycles. The molecule has 0 spiro atoms. The molecular formula is C25H28ClN3O3S. The number of benzene rings is 1. The molecule has 3 aromatic rings. The number of halogens is 1. The van der Waals surface area contributed by atoms with Crippen LogP contribution in [0.15, 0.2) is 51.0 Å². The number of thioether (sulfide) groups is 1. The highest BCUT2D eigenvalue weighted by Gasteiger charge is 2.42. The van der Waals surface area contributed by atoms with Gasteiger partial charge in [-0.2, -0.15) is 0 Å². The molecule has 1 N–H and O–H groups in total. The van der Waals surface area contributed by atoms with Crippen molar-refractivity contribution < 1.29 is 9.21 Å². The number of nitrogens with zero attached hydrogens (tertiary/aromatic N) is 2. The van der Waals surface area contributed by atoms with E-state index < -0.39 is 5.25 Å². The lowest BCUT2D eigenvalue weighted by Gasteiger charge is -2.29. The molecule has 1 amide bonds. The third-order valence-electron chi connectivity index (χ3n) is 7.23. The van der Waals surface area contributed by atoms with Crippen LogP contribution in [-0.2, 0) is 11.3 Å². The Bertz CT molecular complexity index is 1230. The van der Waals surface area contributed by atoms with Gasteiger partial charge in [-0.05, 0) is 81.2 Å². The maximum Gasteiger partial charge on any atom is 0.262 e. The second kappa shape index (κ2) is 9.18.